The molecule has 2 aromatic rings. The van der Waals surface area contributed by atoms with Gasteiger partial charge in [0.15, 0.2) is 0 Å². The molecule has 3 aliphatic carbocycles. The molecule has 4 unspecified atom stereocenters. The summed E-state index contributed by atoms with van der Waals surface area (Å²) in [7, 11) is 0. The molecule has 5 rings (SSSR count). The number of aryl methyl sites for hydroxylation is 1. The minimum absolute atomic E-state index is 0.215. The van der Waals surface area contributed by atoms with E-state index in [4.69, 9.17) is 0 Å². The Labute approximate surface area is 150 Å². The van der Waals surface area contributed by atoms with Gasteiger partial charge < -0.3 is 0 Å². The minimum Gasteiger partial charge on any atom is -0.299 e. The molecular weight excluding hydrogens is 304 g/mol. The van der Waals surface area contributed by atoms with E-state index in [2.05, 4.69) is 56.3 Å². The van der Waals surface area contributed by atoms with Crippen molar-refractivity contribution in [2.24, 2.45) is 11.8 Å². The van der Waals surface area contributed by atoms with E-state index < -0.39 is 0 Å². The molecule has 1 spiro atoms. The number of benzene rings is 2. The number of rotatable bonds is 2. The molecule has 128 valence electrons. The number of ketones is 1. The first-order valence-electron chi connectivity index (χ1n) is 9.91. The monoisotopic (exact) mass is 330 g/mol. The lowest BCUT2D eigenvalue weighted by Gasteiger charge is -2.40. The van der Waals surface area contributed by atoms with Crippen molar-refractivity contribution in [1.82, 2.24) is 0 Å². The molecule has 0 amide bonds. The first-order chi connectivity index (χ1) is 12.1. The van der Waals surface area contributed by atoms with Crippen LogP contribution in [0.1, 0.15) is 62.1 Å². The molecule has 2 aromatic carbocycles. The SMILES string of the molecule is CCC(C)c1cccc2cc3c(cc12)CCC(=O)C31CC2C=CC1C2. The third kappa shape index (κ3) is 1.99. The Morgan fingerprint density at radius 3 is 2.80 bits per heavy atom. The molecule has 0 radical (unpaired) electrons. The molecule has 1 saturated carbocycles. The van der Waals surface area contributed by atoms with Crippen molar-refractivity contribution in [3.63, 3.8) is 0 Å². The topological polar surface area (TPSA) is 17.1 Å². The molecular formula is C24H26O. The molecule has 2 bridgehead atoms. The average Bonchev–Trinajstić information content (AvgIpc) is 3.25. The lowest BCUT2D eigenvalue weighted by Crippen LogP contribution is -2.43. The number of hydrogen-bond donors (Lipinski definition) is 0. The van der Waals surface area contributed by atoms with Gasteiger partial charge in [-0.2, -0.15) is 0 Å². The van der Waals surface area contributed by atoms with E-state index in [9.17, 15) is 4.79 Å². The van der Waals surface area contributed by atoms with Crippen LogP contribution in [0.5, 0.6) is 0 Å². The summed E-state index contributed by atoms with van der Waals surface area (Å²) in [6, 6.07) is 11.5. The van der Waals surface area contributed by atoms with Crippen LogP contribution in [0.2, 0.25) is 0 Å². The molecule has 1 fully saturated rings. The fourth-order valence-electron chi connectivity index (χ4n) is 5.77. The zero-order valence-electron chi connectivity index (χ0n) is 15.2. The summed E-state index contributed by atoms with van der Waals surface area (Å²) in [5.41, 5.74) is 4.04. The van der Waals surface area contributed by atoms with E-state index in [1.54, 1.807) is 0 Å². The molecule has 0 heterocycles. The van der Waals surface area contributed by atoms with Crippen LogP contribution >= 0.6 is 0 Å². The van der Waals surface area contributed by atoms with Gasteiger partial charge in [0.1, 0.15) is 5.78 Å². The lowest BCUT2D eigenvalue weighted by atomic mass is 9.62. The van der Waals surface area contributed by atoms with Crippen LogP contribution in [0.4, 0.5) is 0 Å². The van der Waals surface area contributed by atoms with E-state index in [0.29, 0.717) is 23.5 Å². The highest BCUT2D eigenvalue weighted by Gasteiger charge is 2.55. The second-order valence-electron chi connectivity index (χ2n) is 8.47. The molecule has 0 aliphatic heterocycles. The van der Waals surface area contributed by atoms with Crippen molar-refractivity contribution in [3.8, 4) is 0 Å². The van der Waals surface area contributed by atoms with Crippen molar-refractivity contribution in [1.29, 1.82) is 0 Å². The van der Waals surface area contributed by atoms with Gasteiger partial charge in [-0.3, -0.25) is 4.79 Å². The van der Waals surface area contributed by atoms with Gasteiger partial charge in [0, 0.05) is 6.42 Å². The first kappa shape index (κ1) is 15.4. The number of hydrogen-bond acceptors (Lipinski definition) is 1. The van der Waals surface area contributed by atoms with Crippen LogP contribution in [-0.4, -0.2) is 5.78 Å². The summed E-state index contributed by atoms with van der Waals surface area (Å²) in [4.78, 5) is 13.1. The maximum Gasteiger partial charge on any atom is 0.144 e. The summed E-state index contributed by atoms with van der Waals surface area (Å²) in [5.74, 6) is 2.11. The quantitative estimate of drug-likeness (QED) is 0.645. The first-order valence-corrected chi connectivity index (χ1v) is 9.91. The predicted octanol–water partition coefficient (Wildman–Crippen LogP) is 5.70. The van der Waals surface area contributed by atoms with Crippen molar-refractivity contribution >= 4 is 16.6 Å². The molecule has 1 heteroatoms. The van der Waals surface area contributed by atoms with Crippen molar-refractivity contribution in [2.75, 3.05) is 0 Å². The zero-order chi connectivity index (χ0) is 17.2. The third-order valence-corrected chi connectivity index (χ3v) is 7.27. The van der Waals surface area contributed by atoms with Gasteiger partial charge in [0.05, 0.1) is 5.41 Å². The molecule has 0 N–H and O–H groups in total. The Bertz CT molecular complexity index is 906. The van der Waals surface area contributed by atoms with Crippen molar-refractivity contribution < 1.29 is 4.79 Å². The van der Waals surface area contributed by atoms with E-state index >= 15 is 0 Å². The van der Waals surface area contributed by atoms with Gasteiger partial charge in [-0.1, -0.05) is 50.3 Å². The Morgan fingerprint density at radius 2 is 2.08 bits per heavy atom. The van der Waals surface area contributed by atoms with Gasteiger partial charge >= 0.3 is 0 Å². The van der Waals surface area contributed by atoms with Crippen molar-refractivity contribution in [2.45, 2.75) is 57.3 Å². The van der Waals surface area contributed by atoms with Crippen LogP contribution < -0.4 is 0 Å². The molecule has 1 nitrogen and oxygen atoms in total. The third-order valence-electron chi connectivity index (χ3n) is 7.27. The van der Waals surface area contributed by atoms with E-state index in [1.807, 2.05) is 0 Å². The summed E-state index contributed by atoms with van der Waals surface area (Å²) < 4.78 is 0. The van der Waals surface area contributed by atoms with E-state index in [-0.39, 0.29) is 5.41 Å². The number of Topliss-reactive ketones (excluding diaryl/α,β-unsaturated/α-hetero) is 1. The van der Waals surface area contributed by atoms with E-state index in [0.717, 1.165) is 25.7 Å². The summed E-state index contributed by atoms with van der Waals surface area (Å²) in [5, 5.41) is 2.72. The highest BCUT2D eigenvalue weighted by atomic mass is 16.1. The standard InChI is InChI=1S/C24H26O/c1-3-15(2)20-6-4-5-17-13-22-18(12-21(17)20)8-10-23(25)24(22)14-16-7-9-19(24)11-16/h4-7,9,12-13,15-16,19H,3,8,10-11,14H2,1-2H3. The van der Waals surface area contributed by atoms with E-state index in [1.165, 1.54) is 33.9 Å². The van der Waals surface area contributed by atoms with Gasteiger partial charge in [-0.15, -0.1) is 0 Å². The largest absolute Gasteiger partial charge is 0.299 e. The van der Waals surface area contributed by atoms with Gasteiger partial charge in [-0.25, -0.2) is 0 Å². The number of carbonyl (C=O) groups excluding carboxylic acids is 1. The summed E-state index contributed by atoms with van der Waals surface area (Å²) in [6.07, 6.45) is 9.70. The minimum atomic E-state index is -0.215. The average molecular weight is 330 g/mol. The van der Waals surface area contributed by atoms with Gasteiger partial charge in [0.25, 0.3) is 0 Å². The second-order valence-corrected chi connectivity index (χ2v) is 8.47. The Balaban J connectivity index is 1.75. The Kier molecular flexibility index (Phi) is 3.26. The summed E-state index contributed by atoms with van der Waals surface area (Å²) >= 11 is 0. The molecule has 0 saturated heterocycles. The second kappa shape index (κ2) is 5.30. The Morgan fingerprint density at radius 1 is 1.20 bits per heavy atom. The highest BCUT2D eigenvalue weighted by molar-refractivity contribution is 5.97. The number of carbonyl (C=O) groups is 1. The highest BCUT2D eigenvalue weighted by Crippen LogP contribution is 2.57. The van der Waals surface area contributed by atoms with Crippen LogP contribution in [-0.2, 0) is 16.6 Å². The van der Waals surface area contributed by atoms with Crippen LogP contribution in [0.25, 0.3) is 10.8 Å². The normalized spacial score (nSPS) is 31.0. The molecule has 3 aliphatic rings. The number of allylic oxidation sites excluding steroid dienone is 2. The van der Waals surface area contributed by atoms with Gasteiger partial charge in [0.2, 0.25) is 0 Å². The lowest BCUT2D eigenvalue weighted by molar-refractivity contribution is -0.126. The molecule has 4 atom stereocenters. The van der Waals surface area contributed by atoms with Crippen LogP contribution in [0.3, 0.4) is 0 Å². The Hall–Kier alpha value is -1.89. The smallest absolute Gasteiger partial charge is 0.144 e. The zero-order valence-corrected chi connectivity index (χ0v) is 15.2. The predicted molar refractivity (Wildman–Crippen MR) is 103 cm³/mol. The fourth-order valence-corrected chi connectivity index (χ4v) is 5.77. The number of fused-ring (bicyclic) bond motifs is 6. The maximum absolute atomic E-state index is 13.1. The fraction of sp³-hybridized carbons (Fsp3) is 0.458. The van der Waals surface area contributed by atoms with Crippen molar-refractivity contribution in [3.05, 3.63) is 59.2 Å². The van der Waals surface area contributed by atoms with Gasteiger partial charge in [-0.05, 0) is 77.0 Å². The van der Waals surface area contributed by atoms with Crippen LogP contribution in [0.15, 0.2) is 42.5 Å². The molecule has 0 aromatic heterocycles. The van der Waals surface area contributed by atoms with Crippen LogP contribution in [0, 0.1) is 11.8 Å². The maximum atomic E-state index is 13.1. The molecule has 25 heavy (non-hydrogen) atoms. The summed E-state index contributed by atoms with van der Waals surface area (Å²) in [6.45, 7) is 4.58.